The third-order valence-corrected chi connectivity index (χ3v) is 2.28. The second-order valence-electron chi connectivity index (χ2n) is 3.28. The molecule has 12 heavy (non-hydrogen) atoms. The Labute approximate surface area is 72.0 Å². The average Bonchev–Trinajstić information content (AvgIpc) is 2.56. The van der Waals surface area contributed by atoms with Gasteiger partial charge in [0.15, 0.2) is 0 Å². The van der Waals surface area contributed by atoms with E-state index in [0.717, 1.165) is 19.6 Å². The molecule has 1 aliphatic rings. The molecule has 0 aliphatic carbocycles. The standard InChI is InChI=1S/C8H14N4/c1-12-5-4-9-8(6-12)7-2-3-10-11-7/h2-3,8-9H,4-6H2,1H3,(H,10,11). The number of H-pyrrole nitrogens is 1. The number of nitrogens with zero attached hydrogens (tertiary/aromatic N) is 2. The van der Waals surface area contributed by atoms with Crippen molar-refractivity contribution in [1.82, 2.24) is 20.4 Å². The van der Waals surface area contributed by atoms with Crippen LogP contribution < -0.4 is 5.32 Å². The summed E-state index contributed by atoms with van der Waals surface area (Å²) in [6, 6.07) is 2.45. The van der Waals surface area contributed by atoms with Gasteiger partial charge in [0.1, 0.15) is 0 Å². The van der Waals surface area contributed by atoms with E-state index < -0.39 is 0 Å². The van der Waals surface area contributed by atoms with Crippen molar-refractivity contribution >= 4 is 0 Å². The van der Waals surface area contributed by atoms with Crippen LogP contribution in [0.4, 0.5) is 0 Å². The molecule has 0 saturated carbocycles. The molecule has 66 valence electrons. The zero-order valence-corrected chi connectivity index (χ0v) is 7.25. The van der Waals surface area contributed by atoms with Gasteiger partial charge in [-0.2, -0.15) is 5.10 Å². The summed E-state index contributed by atoms with van der Waals surface area (Å²) < 4.78 is 0. The van der Waals surface area contributed by atoms with Crippen molar-refractivity contribution in [3.8, 4) is 0 Å². The minimum Gasteiger partial charge on any atom is -0.306 e. The average molecular weight is 166 g/mol. The Kier molecular flexibility index (Phi) is 2.10. The van der Waals surface area contributed by atoms with Crippen LogP contribution in [-0.4, -0.2) is 41.8 Å². The van der Waals surface area contributed by atoms with Crippen LogP contribution in [0.1, 0.15) is 11.7 Å². The van der Waals surface area contributed by atoms with Crippen LogP contribution in [0, 0.1) is 0 Å². The van der Waals surface area contributed by atoms with E-state index in [1.165, 1.54) is 5.69 Å². The lowest BCUT2D eigenvalue weighted by Gasteiger charge is -2.29. The fraction of sp³-hybridized carbons (Fsp3) is 0.625. The molecule has 0 spiro atoms. The Morgan fingerprint density at radius 2 is 2.58 bits per heavy atom. The number of hydrogen-bond donors (Lipinski definition) is 2. The number of hydrogen-bond acceptors (Lipinski definition) is 3. The van der Waals surface area contributed by atoms with Crippen molar-refractivity contribution in [3.05, 3.63) is 18.0 Å². The fourth-order valence-corrected chi connectivity index (χ4v) is 1.57. The van der Waals surface area contributed by atoms with Crippen molar-refractivity contribution in [2.75, 3.05) is 26.7 Å². The molecule has 1 fully saturated rings. The van der Waals surface area contributed by atoms with Crippen LogP contribution >= 0.6 is 0 Å². The molecule has 2 rings (SSSR count). The number of likely N-dealkylation sites (N-methyl/N-ethyl adjacent to an activating group) is 1. The maximum absolute atomic E-state index is 3.94. The van der Waals surface area contributed by atoms with E-state index in [0.29, 0.717) is 6.04 Å². The number of rotatable bonds is 1. The van der Waals surface area contributed by atoms with E-state index in [1.807, 2.05) is 6.07 Å². The zero-order valence-electron chi connectivity index (χ0n) is 7.25. The van der Waals surface area contributed by atoms with Crippen molar-refractivity contribution in [2.45, 2.75) is 6.04 Å². The lowest BCUT2D eigenvalue weighted by molar-refractivity contribution is 0.238. The summed E-state index contributed by atoms with van der Waals surface area (Å²) in [6.07, 6.45) is 1.80. The molecular weight excluding hydrogens is 152 g/mol. The second kappa shape index (κ2) is 3.25. The summed E-state index contributed by atoms with van der Waals surface area (Å²) in [7, 11) is 2.14. The summed E-state index contributed by atoms with van der Waals surface area (Å²) >= 11 is 0. The highest BCUT2D eigenvalue weighted by molar-refractivity contribution is 5.06. The Morgan fingerprint density at radius 3 is 3.25 bits per heavy atom. The summed E-state index contributed by atoms with van der Waals surface area (Å²) in [5, 5.41) is 10.4. The van der Waals surface area contributed by atoms with E-state index in [-0.39, 0.29) is 0 Å². The van der Waals surface area contributed by atoms with Gasteiger partial charge in [0.25, 0.3) is 0 Å². The summed E-state index contributed by atoms with van der Waals surface area (Å²) in [5.74, 6) is 0. The van der Waals surface area contributed by atoms with E-state index in [9.17, 15) is 0 Å². The van der Waals surface area contributed by atoms with Gasteiger partial charge in [-0.1, -0.05) is 0 Å². The van der Waals surface area contributed by atoms with Gasteiger partial charge in [0.05, 0.1) is 11.7 Å². The van der Waals surface area contributed by atoms with Crippen molar-refractivity contribution in [1.29, 1.82) is 0 Å². The highest BCUT2D eigenvalue weighted by atomic mass is 15.2. The first-order chi connectivity index (χ1) is 5.86. The largest absolute Gasteiger partial charge is 0.306 e. The van der Waals surface area contributed by atoms with Crippen molar-refractivity contribution < 1.29 is 0 Å². The Balaban J connectivity index is 2.04. The second-order valence-corrected chi connectivity index (χ2v) is 3.28. The van der Waals surface area contributed by atoms with Crippen molar-refractivity contribution in [2.24, 2.45) is 0 Å². The minimum atomic E-state index is 0.422. The minimum absolute atomic E-state index is 0.422. The maximum Gasteiger partial charge on any atom is 0.0618 e. The summed E-state index contributed by atoms with van der Waals surface area (Å²) in [6.45, 7) is 3.24. The predicted octanol–water partition coefficient (Wildman–Crippen LogP) is -0.0142. The van der Waals surface area contributed by atoms with Gasteiger partial charge in [-0.05, 0) is 13.1 Å². The molecule has 4 heteroatoms. The SMILES string of the molecule is CN1CCNC(c2ccn[nH]2)C1. The number of aromatic nitrogens is 2. The molecule has 0 radical (unpaired) electrons. The van der Waals surface area contributed by atoms with E-state index >= 15 is 0 Å². The van der Waals surface area contributed by atoms with Crippen molar-refractivity contribution in [3.63, 3.8) is 0 Å². The molecule has 2 heterocycles. The lowest BCUT2D eigenvalue weighted by Crippen LogP contribution is -2.43. The maximum atomic E-state index is 3.94. The normalized spacial score (nSPS) is 25.9. The van der Waals surface area contributed by atoms with E-state index in [4.69, 9.17) is 0 Å². The molecule has 0 bridgehead atoms. The van der Waals surface area contributed by atoms with Gasteiger partial charge in [0.2, 0.25) is 0 Å². The highest BCUT2D eigenvalue weighted by Crippen LogP contribution is 2.12. The fourth-order valence-electron chi connectivity index (χ4n) is 1.57. The Morgan fingerprint density at radius 1 is 1.67 bits per heavy atom. The molecule has 1 unspecified atom stereocenters. The van der Waals surface area contributed by atoms with Crippen LogP contribution in [0.15, 0.2) is 12.3 Å². The molecule has 2 N–H and O–H groups in total. The first-order valence-electron chi connectivity index (χ1n) is 4.27. The Hall–Kier alpha value is -0.870. The topological polar surface area (TPSA) is 44.0 Å². The monoisotopic (exact) mass is 166 g/mol. The highest BCUT2D eigenvalue weighted by Gasteiger charge is 2.18. The molecule has 1 saturated heterocycles. The zero-order chi connectivity index (χ0) is 8.39. The number of nitrogens with one attached hydrogen (secondary N) is 2. The van der Waals surface area contributed by atoms with Crippen LogP contribution in [0.5, 0.6) is 0 Å². The van der Waals surface area contributed by atoms with Crippen LogP contribution in [0.3, 0.4) is 0 Å². The van der Waals surface area contributed by atoms with Crippen LogP contribution in [-0.2, 0) is 0 Å². The quantitative estimate of drug-likeness (QED) is 0.616. The van der Waals surface area contributed by atoms with Gasteiger partial charge >= 0.3 is 0 Å². The third kappa shape index (κ3) is 1.49. The molecule has 0 amide bonds. The van der Waals surface area contributed by atoms with Crippen LogP contribution in [0.25, 0.3) is 0 Å². The summed E-state index contributed by atoms with van der Waals surface area (Å²) in [5.41, 5.74) is 1.18. The number of aromatic amines is 1. The molecular formula is C8H14N4. The third-order valence-electron chi connectivity index (χ3n) is 2.28. The lowest BCUT2D eigenvalue weighted by atomic mass is 10.1. The van der Waals surface area contributed by atoms with Gasteiger partial charge in [-0.15, -0.1) is 0 Å². The molecule has 1 aliphatic heterocycles. The van der Waals surface area contributed by atoms with Gasteiger partial charge in [-0.25, -0.2) is 0 Å². The molecule has 1 aromatic heterocycles. The molecule has 0 aromatic carbocycles. The van der Waals surface area contributed by atoms with Crippen LogP contribution in [0.2, 0.25) is 0 Å². The smallest absolute Gasteiger partial charge is 0.0618 e. The first kappa shape index (κ1) is 7.76. The van der Waals surface area contributed by atoms with Gasteiger partial charge in [-0.3, -0.25) is 5.10 Å². The first-order valence-corrected chi connectivity index (χ1v) is 4.27. The van der Waals surface area contributed by atoms with Gasteiger partial charge in [0, 0.05) is 25.8 Å². The molecule has 1 atom stereocenters. The summed E-state index contributed by atoms with van der Waals surface area (Å²) in [4.78, 5) is 2.32. The van der Waals surface area contributed by atoms with Gasteiger partial charge < -0.3 is 10.2 Å². The molecule has 4 nitrogen and oxygen atoms in total. The number of piperazine rings is 1. The molecule has 1 aromatic rings. The van der Waals surface area contributed by atoms with E-state index in [1.54, 1.807) is 6.20 Å². The van der Waals surface area contributed by atoms with E-state index in [2.05, 4.69) is 27.5 Å². The Bertz CT molecular complexity index is 231. The predicted molar refractivity (Wildman–Crippen MR) is 46.8 cm³/mol.